The van der Waals surface area contributed by atoms with Crippen LogP contribution in [0.2, 0.25) is 0 Å². The van der Waals surface area contributed by atoms with Crippen LogP contribution < -0.4 is 10.6 Å². The Morgan fingerprint density at radius 2 is 1.64 bits per heavy atom. The highest BCUT2D eigenvalue weighted by molar-refractivity contribution is 7.80. The highest BCUT2D eigenvalue weighted by atomic mass is 32.1. The van der Waals surface area contributed by atoms with Gasteiger partial charge in [-0.05, 0) is 48.8 Å². The molecule has 0 aliphatic carbocycles. The van der Waals surface area contributed by atoms with E-state index in [-0.39, 0.29) is 6.04 Å². The molecule has 2 N–H and O–H groups in total. The molecule has 0 fully saturated rings. The number of nitrogens with zero attached hydrogens (tertiary/aromatic N) is 1. The van der Waals surface area contributed by atoms with E-state index in [0.29, 0.717) is 5.11 Å². The van der Waals surface area contributed by atoms with Crippen molar-refractivity contribution in [2.24, 2.45) is 0 Å². The number of rotatable bonds is 4. The van der Waals surface area contributed by atoms with E-state index in [1.165, 1.54) is 11.1 Å². The minimum atomic E-state index is -0.0217. The summed E-state index contributed by atoms with van der Waals surface area (Å²) in [6.07, 6.45) is 1.82. The summed E-state index contributed by atoms with van der Waals surface area (Å²) in [4.78, 5) is 4.35. The summed E-state index contributed by atoms with van der Waals surface area (Å²) in [6.45, 7) is 4.11. The molecule has 0 aliphatic heterocycles. The van der Waals surface area contributed by atoms with E-state index < -0.39 is 0 Å². The van der Waals surface area contributed by atoms with Gasteiger partial charge in [-0.3, -0.25) is 0 Å². The van der Waals surface area contributed by atoms with Gasteiger partial charge in [-0.2, -0.15) is 0 Å². The van der Waals surface area contributed by atoms with Crippen molar-refractivity contribution in [1.29, 1.82) is 0 Å². The predicted molar refractivity (Wildman–Crippen MR) is 108 cm³/mol. The zero-order valence-electron chi connectivity index (χ0n) is 14.4. The van der Waals surface area contributed by atoms with Crippen molar-refractivity contribution in [3.8, 4) is 0 Å². The van der Waals surface area contributed by atoms with Crippen molar-refractivity contribution in [3.63, 3.8) is 0 Å². The molecule has 0 saturated heterocycles. The molecule has 3 rings (SSSR count). The van der Waals surface area contributed by atoms with Crippen molar-refractivity contribution < 1.29 is 0 Å². The van der Waals surface area contributed by atoms with Crippen LogP contribution in [-0.4, -0.2) is 10.1 Å². The average Bonchev–Trinajstić information content (AvgIpc) is 2.62. The topological polar surface area (TPSA) is 37.0 Å². The molecule has 0 spiro atoms. The number of nitrogens with one attached hydrogen (secondary N) is 2. The highest BCUT2D eigenvalue weighted by Gasteiger charge is 2.15. The SMILES string of the molecule is Cc1ccc(NC(=S)N[C@H](c2ccccc2)c2cccc(C)c2)nc1. The van der Waals surface area contributed by atoms with E-state index in [1.54, 1.807) is 0 Å². The average molecular weight is 347 g/mol. The van der Waals surface area contributed by atoms with Crippen molar-refractivity contribution in [1.82, 2.24) is 10.3 Å². The predicted octanol–water partition coefficient (Wildman–Crippen LogP) is 4.77. The van der Waals surface area contributed by atoms with Crippen LogP contribution in [0.4, 0.5) is 5.82 Å². The summed E-state index contributed by atoms with van der Waals surface area (Å²) >= 11 is 5.52. The highest BCUT2D eigenvalue weighted by Crippen LogP contribution is 2.23. The first kappa shape index (κ1) is 17.1. The van der Waals surface area contributed by atoms with E-state index in [4.69, 9.17) is 12.2 Å². The molecule has 3 nitrogen and oxygen atoms in total. The maximum Gasteiger partial charge on any atom is 0.172 e. The summed E-state index contributed by atoms with van der Waals surface area (Å²) in [5.41, 5.74) is 4.67. The maximum absolute atomic E-state index is 5.52. The molecule has 1 aromatic heterocycles. The minimum Gasteiger partial charge on any atom is -0.351 e. The van der Waals surface area contributed by atoms with Crippen LogP contribution in [0.25, 0.3) is 0 Å². The lowest BCUT2D eigenvalue weighted by atomic mass is 9.97. The first-order valence-electron chi connectivity index (χ1n) is 8.23. The molecular weight excluding hydrogens is 326 g/mol. The minimum absolute atomic E-state index is 0.0217. The van der Waals surface area contributed by atoms with Crippen LogP contribution >= 0.6 is 12.2 Å². The zero-order chi connectivity index (χ0) is 17.6. The molecule has 0 aliphatic rings. The fourth-order valence-electron chi connectivity index (χ4n) is 2.68. The van der Waals surface area contributed by atoms with Gasteiger partial charge < -0.3 is 10.6 Å². The third kappa shape index (κ3) is 4.64. The third-order valence-electron chi connectivity index (χ3n) is 3.94. The summed E-state index contributed by atoms with van der Waals surface area (Å²) in [6, 6.07) is 22.7. The van der Waals surface area contributed by atoms with Gasteiger partial charge in [0.05, 0.1) is 6.04 Å². The van der Waals surface area contributed by atoms with Crippen LogP contribution in [0.5, 0.6) is 0 Å². The Morgan fingerprint density at radius 1 is 0.880 bits per heavy atom. The van der Waals surface area contributed by atoms with Gasteiger partial charge in [0, 0.05) is 6.20 Å². The molecule has 126 valence electrons. The molecule has 0 amide bonds. The van der Waals surface area contributed by atoms with Gasteiger partial charge in [-0.25, -0.2) is 4.98 Å². The molecule has 1 heterocycles. The fourth-order valence-corrected chi connectivity index (χ4v) is 2.90. The van der Waals surface area contributed by atoms with Gasteiger partial charge in [0.2, 0.25) is 0 Å². The summed E-state index contributed by atoms with van der Waals surface area (Å²) in [5, 5.41) is 7.13. The maximum atomic E-state index is 5.52. The second kappa shape index (κ2) is 7.90. The third-order valence-corrected chi connectivity index (χ3v) is 4.16. The van der Waals surface area contributed by atoms with Crippen molar-refractivity contribution in [2.45, 2.75) is 19.9 Å². The van der Waals surface area contributed by atoms with Gasteiger partial charge in [0.1, 0.15) is 5.82 Å². The lowest BCUT2D eigenvalue weighted by Crippen LogP contribution is -2.33. The van der Waals surface area contributed by atoms with E-state index in [2.05, 4.69) is 58.9 Å². The molecule has 0 radical (unpaired) electrons. The first-order valence-corrected chi connectivity index (χ1v) is 8.64. The Kier molecular flexibility index (Phi) is 5.41. The van der Waals surface area contributed by atoms with E-state index in [9.17, 15) is 0 Å². The number of aryl methyl sites for hydroxylation is 2. The smallest absolute Gasteiger partial charge is 0.172 e. The molecule has 1 atom stereocenters. The fraction of sp³-hybridized carbons (Fsp3) is 0.143. The zero-order valence-corrected chi connectivity index (χ0v) is 15.2. The summed E-state index contributed by atoms with van der Waals surface area (Å²) < 4.78 is 0. The van der Waals surface area contributed by atoms with Gasteiger partial charge in [-0.1, -0.05) is 66.2 Å². The molecule has 3 aromatic rings. The van der Waals surface area contributed by atoms with E-state index in [0.717, 1.165) is 16.9 Å². The van der Waals surface area contributed by atoms with Gasteiger partial charge in [-0.15, -0.1) is 0 Å². The van der Waals surface area contributed by atoms with Crippen molar-refractivity contribution in [2.75, 3.05) is 5.32 Å². The number of hydrogen-bond acceptors (Lipinski definition) is 2. The number of thiocarbonyl (C=S) groups is 1. The van der Waals surface area contributed by atoms with E-state index >= 15 is 0 Å². The Hall–Kier alpha value is -2.72. The summed E-state index contributed by atoms with van der Waals surface area (Å²) in [5.74, 6) is 0.735. The quantitative estimate of drug-likeness (QED) is 0.666. The molecule has 0 unspecified atom stereocenters. The standard InChI is InChI=1S/C21H21N3S/c1-15-7-6-10-18(13-15)20(17-8-4-3-5-9-17)24-21(25)23-19-12-11-16(2)14-22-19/h3-14,20H,1-2H3,(H2,22,23,24,25)/t20-/m1/s1. The first-order chi connectivity index (χ1) is 12.1. The molecule has 0 bridgehead atoms. The second-order valence-electron chi connectivity index (χ2n) is 6.08. The number of benzene rings is 2. The van der Waals surface area contributed by atoms with Crippen LogP contribution in [0.1, 0.15) is 28.3 Å². The van der Waals surface area contributed by atoms with Gasteiger partial charge >= 0.3 is 0 Å². The normalized spacial score (nSPS) is 11.6. The number of pyridine rings is 1. The number of aromatic nitrogens is 1. The van der Waals surface area contributed by atoms with Crippen LogP contribution in [0.15, 0.2) is 72.9 Å². The number of hydrogen-bond donors (Lipinski definition) is 2. The molecular formula is C21H21N3S. The van der Waals surface area contributed by atoms with Crippen LogP contribution in [0.3, 0.4) is 0 Å². The Labute approximate surface area is 154 Å². The van der Waals surface area contributed by atoms with Gasteiger partial charge in [0.15, 0.2) is 5.11 Å². The molecule has 0 saturated carbocycles. The van der Waals surface area contributed by atoms with Crippen molar-refractivity contribution >= 4 is 23.1 Å². The lowest BCUT2D eigenvalue weighted by Gasteiger charge is -2.22. The molecule has 2 aromatic carbocycles. The Morgan fingerprint density at radius 3 is 2.32 bits per heavy atom. The monoisotopic (exact) mass is 347 g/mol. The second-order valence-corrected chi connectivity index (χ2v) is 6.49. The lowest BCUT2D eigenvalue weighted by molar-refractivity contribution is 0.767. The van der Waals surface area contributed by atoms with Gasteiger partial charge in [0.25, 0.3) is 0 Å². The van der Waals surface area contributed by atoms with Crippen LogP contribution in [0, 0.1) is 13.8 Å². The van der Waals surface area contributed by atoms with E-state index in [1.807, 2.05) is 43.5 Å². The van der Waals surface area contributed by atoms with Crippen molar-refractivity contribution in [3.05, 3.63) is 95.2 Å². The molecule has 25 heavy (non-hydrogen) atoms. The summed E-state index contributed by atoms with van der Waals surface area (Å²) in [7, 11) is 0. The van der Waals surface area contributed by atoms with Crippen LogP contribution in [-0.2, 0) is 0 Å². The number of anilines is 1. The molecule has 4 heteroatoms. The Balaban J connectivity index is 1.82. The Bertz CT molecular complexity index is 845. The largest absolute Gasteiger partial charge is 0.351 e.